The maximum Gasteiger partial charge on any atom is 0.229 e. The van der Waals surface area contributed by atoms with E-state index in [1.165, 1.54) is 0 Å². The summed E-state index contributed by atoms with van der Waals surface area (Å²) >= 11 is 0. The van der Waals surface area contributed by atoms with E-state index < -0.39 is 10.0 Å². The molecule has 1 amide bonds. The summed E-state index contributed by atoms with van der Waals surface area (Å²) in [4.78, 5) is 12.7. The standard InChI is InChI=1S/C18H26N2O3S/c1-2-3-11-24(22,23)20-13-14-9-10-17(20)16(12-14)18(21)19-15-7-5-4-6-8-15/h4-8,14,16-17H,2-3,9-13H2,1H3,(H,19,21). The molecular formula is C18H26N2O3S. The molecule has 1 N–H and O–H groups in total. The van der Waals surface area contributed by atoms with Crippen LogP contribution in [0, 0.1) is 11.8 Å². The SMILES string of the molecule is CCCCS(=O)(=O)N1CC2CCC1C(C(=O)Nc1ccccc1)C2. The average Bonchev–Trinajstić information content (AvgIpc) is 2.61. The van der Waals surface area contributed by atoms with Gasteiger partial charge in [-0.1, -0.05) is 31.5 Å². The highest BCUT2D eigenvalue weighted by Gasteiger charge is 2.47. The molecular weight excluding hydrogens is 324 g/mol. The minimum atomic E-state index is -3.26. The highest BCUT2D eigenvalue weighted by Crippen LogP contribution is 2.41. The van der Waals surface area contributed by atoms with Gasteiger partial charge in [0.25, 0.3) is 0 Å². The van der Waals surface area contributed by atoms with Crippen molar-refractivity contribution < 1.29 is 13.2 Å². The van der Waals surface area contributed by atoms with Gasteiger partial charge in [0.15, 0.2) is 0 Å². The predicted molar refractivity (Wildman–Crippen MR) is 95.1 cm³/mol. The van der Waals surface area contributed by atoms with Gasteiger partial charge in [-0.15, -0.1) is 0 Å². The molecule has 1 aliphatic carbocycles. The predicted octanol–water partition coefficient (Wildman–Crippen LogP) is 2.86. The zero-order chi connectivity index (χ0) is 17.2. The number of anilines is 1. The van der Waals surface area contributed by atoms with Crippen LogP contribution in [0.4, 0.5) is 5.69 Å². The third kappa shape index (κ3) is 3.64. The molecule has 1 aromatic carbocycles. The first kappa shape index (κ1) is 17.4. The highest BCUT2D eigenvalue weighted by atomic mass is 32.2. The Labute approximate surface area is 144 Å². The number of sulfonamides is 1. The molecule has 1 aromatic rings. The second kappa shape index (κ2) is 7.23. The fourth-order valence-corrected chi connectivity index (χ4v) is 5.93. The van der Waals surface area contributed by atoms with Gasteiger partial charge in [-0.25, -0.2) is 8.42 Å². The number of nitrogens with zero attached hydrogens (tertiary/aromatic N) is 1. The summed E-state index contributed by atoms with van der Waals surface area (Å²) in [7, 11) is -3.26. The van der Waals surface area contributed by atoms with Crippen LogP contribution in [-0.2, 0) is 14.8 Å². The third-order valence-corrected chi connectivity index (χ3v) is 7.16. The van der Waals surface area contributed by atoms with Gasteiger partial charge in [0.1, 0.15) is 0 Å². The lowest BCUT2D eigenvalue weighted by molar-refractivity contribution is -0.125. The number of carbonyl (C=O) groups excluding carboxylic acids is 1. The fourth-order valence-electron chi connectivity index (χ4n) is 3.94. The Kier molecular flexibility index (Phi) is 5.25. The number of unbranched alkanes of at least 4 members (excludes halogenated alkanes) is 1. The molecule has 3 unspecified atom stereocenters. The Morgan fingerprint density at radius 1 is 1.25 bits per heavy atom. The number of rotatable bonds is 6. The van der Waals surface area contributed by atoms with E-state index >= 15 is 0 Å². The van der Waals surface area contributed by atoms with Crippen molar-refractivity contribution in [3.8, 4) is 0 Å². The third-order valence-electron chi connectivity index (χ3n) is 5.22. The Balaban J connectivity index is 1.74. The monoisotopic (exact) mass is 350 g/mol. The van der Waals surface area contributed by atoms with Crippen molar-refractivity contribution in [1.82, 2.24) is 4.31 Å². The van der Waals surface area contributed by atoms with Gasteiger partial charge in [0.05, 0.1) is 11.7 Å². The van der Waals surface area contributed by atoms with Crippen LogP contribution in [0.1, 0.15) is 39.0 Å². The van der Waals surface area contributed by atoms with Gasteiger partial charge in [-0.05, 0) is 43.7 Å². The van der Waals surface area contributed by atoms with Crippen LogP contribution < -0.4 is 5.32 Å². The quantitative estimate of drug-likeness (QED) is 0.858. The Morgan fingerprint density at radius 2 is 2.00 bits per heavy atom. The summed E-state index contributed by atoms with van der Waals surface area (Å²) in [6.07, 6.45) is 4.15. The summed E-state index contributed by atoms with van der Waals surface area (Å²) in [6.45, 7) is 2.58. The molecule has 3 fully saturated rings. The van der Waals surface area contributed by atoms with Crippen LogP contribution in [0.5, 0.6) is 0 Å². The van der Waals surface area contributed by atoms with E-state index in [0.29, 0.717) is 18.9 Å². The average molecular weight is 350 g/mol. The molecule has 3 atom stereocenters. The second-order valence-corrected chi connectivity index (χ2v) is 8.99. The van der Waals surface area contributed by atoms with Crippen LogP contribution in [0.3, 0.4) is 0 Å². The summed E-state index contributed by atoms with van der Waals surface area (Å²) in [5.74, 6) is 0.207. The van der Waals surface area contributed by atoms with Gasteiger partial charge in [-0.2, -0.15) is 4.31 Å². The van der Waals surface area contributed by atoms with Crippen molar-refractivity contribution >= 4 is 21.6 Å². The second-order valence-electron chi connectivity index (χ2n) is 6.95. The molecule has 24 heavy (non-hydrogen) atoms. The minimum absolute atomic E-state index is 0.0497. The lowest BCUT2D eigenvalue weighted by Crippen LogP contribution is -2.58. The number of piperidine rings is 2. The Morgan fingerprint density at radius 3 is 2.67 bits per heavy atom. The lowest BCUT2D eigenvalue weighted by Gasteiger charge is -2.48. The van der Waals surface area contributed by atoms with Gasteiger partial charge < -0.3 is 5.32 Å². The number of hydrogen-bond acceptors (Lipinski definition) is 3. The summed E-state index contributed by atoms with van der Waals surface area (Å²) in [5, 5.41) is 2.95. The molecule has 0 spiro atoms. The van der Waals surface area contributed by atoms with Crippen molar-refractivity contribution in [2.45, 2.75) is 45.1 Å². The van der Waals surface area contributed by atoms with Crippen molar-refractivity contribution in [3.05, 3.63) is 30.3 Å². The van der Waals surface area contributed by atoms with Crippen molar-refractivity contribution in [2.24, 2.45) is 11.8 Å². The topological polar surface area (TPSA) is 66.5 Å². The van der Waals surface area contributed by atoms with E-state index in [-0.39, 0.29) is 23.6 Å². The fraction of sp³-hybridized carbons (Fsp3) is 0.611. The zero-order valence-corrected chi connectivity index (χ0v) is 15.0. The maximum absolute atomic E-state index is 12.7. The van der Waals surface area contributed by atoms with Crippen LogP contribution >= 0.6 is 0 Å². The van der Waals surface area contributed by atoms with E-state index in [0.717, 1.165) is 31.4 Å². The van der Waals surface area contributed by atoms with E-state index in [4.69, 9.17) is 0 Å². The van der Waals surface area contributed by atoms with Crippen LogP contribution in [0.25, 0.3) is 0 Å². The van der Waals surface area contributed by atoms with Gasteiger partial charge in [0, 0.05) is 18.3 Å². The first-order chi connectivity index (χ1) is 11.5. The molecule has 2 aliphatic heterocycles. The highest BCUT2D eigenvalue weighted by molar-refractivity contribution is 7.89. The van der Waals surface area contributed by atoms with Gasteiger partial charge in [0.2, 0.25) is 15.9 Å². The molecule has 0 radical (unpaired) electrons. The Bertz CT molecular complexity index is 675. The summed E-state index contributed by atoms with van der Waals surface area (Å²) < 4.78 is 26.9. The molecule has 2 heterocycles. The zero-order valence-electron chi connectivity index (χ0n) is 14.1. The van der Waals surface area contributed by atoms with Crippen molar-refractivity contribution in [3.63, 3.8) is 0 Å². The number of fused-ring (bicyclic) bond motifs is 3. The largest absolute Gasteiger partial charge is 0.326 e. The number of para-hydroxylation sites is 1. The van der Waals surface area contributed by atoms with E-state index in [1.54, 1.807) is 4.31 Å². The molecule has 132 valence electrons. The maximum atomic E-state index is 12.7. The molecule has 0 aromatic heterocycles. The van der Waals surface area contributed by atoms with Crippen LogP contribution in [0.15, 0.2) is 30.3 Å². The van der Waals surface area contributed by atoms with Crippen LogP contribution in [-0.4, -0.2) is 37.0 Å². The van der Waals surface area contributed by atoms with Crippen molar-refractivity contribution in [1.29, 1.82) is 0 Å². The molecule has 5 nitrogen and oxygen atoms in total. The van der Waals surface area contributed by atoms with Gasteiger partial charge >= 0.3 is 0 Å². The molecule has 4 rings (SSSR count). The normalized spacial score (nSPS) is 27.1. The number of hydrogen-bond donors (Lipinski definition) is 1. The van der Waals surface area contributed by atoms with Crippen LogP contribution in [0.2, 0.25) is 0 Å². The minimum Gasteiger partial charge on any atom is -0.326 e. The number of nitrogens with one attached hydrogen (secondary N) is 1. The van der Waals surface area contributed by atoms with Crippen molar-refractivity contribution in [2.75, 3.05) is 17.6 Å². The number of benzene rings is 1. The Hall–Kier alpha value is -1.40. The summed E-state index contributed by atoms with van der Waals surface area (Å²) in [6, 6.07) is 9.19. The summed E-state index contributed by atoms with van der Waals surface area (Å²) in [5.41, 5.74) is 0.768. The smallest absolute Gasteiger partial charge is 0.229 e. The molecule has 2 saturated heterocycles. The van der Waals surface area contributed by atoms with E-state index in [1.807, 2.05) is 37.3 Å². The molecule has 6 heteroatoms. The molecule has 2 bridgehead atoms. The number of carbonyl (C=O) groups is 1. The van der Waals surface area contributed by atoms with Gasteiger partial charge in [-0.3, -0.25) is 4.79 Å². The first-order valence-electron chi connectivity index (χ1n) is 8.86. The number of amides is 1. The van der Waals surface area contributed by atoms with E-state index in [9.17, 15) is 13.2 Å². The first-order valence-corrected chi connectivity index (χ1v) is 10.5. The molecule has 1 saturated carbocycles. The lowest BCUT2D eigenvalue weighted by atomic mass is 9.73. The van der Waals surface area contributed by atoms with E-state index in [2.05, 4.69) is 5.32 Å². The molecule has 3 aliphatic rings.